The molecule has 7 heteroatoms. The Hall–Kier alpha value is -2.67. The van der Waals surface area contributed by atoms with Crippen molar-refractivity contribution in [1.82, 2.24) is 0 Å². The van der Waals surface area contributed by atoms with Crippen LogP contribution in [0.2, 0.25) is 0 Å². The molecule has 2 aromatic rings. The van der Waals surface area contributed by atoms with E-state index in [0.29, 0.717) is 18.5 Å². The number of nitrogens with zero attached hydrogens (tertiary/aromatic N) is 1. The third-order valence-electron chi connectivity index (χ3n) is 7.59. The second-order valence-corrected chi connectivity index (χ2v) is 11.5. The quantitative estimate of drug-likeness (QED) is 0.679. The molecule has 4 rings (SSSR count). The van der Waals surface area contributed by atoms with Gasteiger partial charge in [-0.1, -0.05) is 38.1 Å². The van der Waals surface area contributed by atoms with Crippen LogP contribution in [0.25, 0.3) is 0 Å². The van der Waals surface area contributed by atoms with Crippen molar-refractivity contribution < 1.29 is 23.1 Å². The fourth-order valence-electron chi connectivity index (χ4n) is 5.72. The third-order valence-corrected chi connectivity index (χ3v) is 8.77. The van der Waals surface area contributed by atoms with E-state index in [2.05, 4.69) is 0 Å². The molecule has 0 aromatic heterocycles. The summed E-state index contributed by atoms with van der Waals surface area (Å²) < 4.78 is 27.3. The van der Waals surface area contributed by atoms with Crippen molar-refractivity contribution in [3.05, 3.63) is 65.2 Å². The second-order valence-electron chi connectivity index (χ2n) is 9.64. The molecule has 0 spiro atoms. The zero-order chi connectivity index (χ0) is 23.3. The van der Waals surface area contributed by atoms with Gasteiger partial charge in [0.25, 0.3) is 0 Å². The number of aryl methyl sites for hydroxylation is 2. The number of aromatic carboxylic acids is 1. The molecule has 6 nitrogen and oxygen atoms in total. The number of fused-ring (bicyclic) bond motifs is 2. The van der Waals surface area contributed by atoms with Gasteiger partial charge in [0, 0.05) is 6.42 Å². The Morgan fingerprint density at radius 2 is 1.56 bits per heavy atom. The van der Waals surface area contributed by atoms with Crippen molar-refractivity contribution in [2.75, 3.05) is 10.6 Å². The molecule has 170 valence electrons. The molecule has 2 bridgehead atoms. The molecular weight excluding hydrogens is 426 g/mol. The zero-order valence-electron chi connectivity index (χ0n) is 18.7. The van der Waals surface area contributed by atoms with E-state index in [9.17, 15) is 18.0 Å². The number of carbonyl (C=O) groups excluding carboxylic acids is 1. The first-order valence-corrected chi connectivity index (χ1v) is 12.8. The van der Waals surface area contributed by atoms with Crippen LogP contribution in [0.3, 0.4) is 0 Å². The summed E-state index contributed by atoms with van der Waals surface area (Å²) >= 11 is 0. The Kier molecular flexibility index (Phi) is 5.44. The minimum Gasteiger partial charge on any atom is -0.478 e. The maximum absolute atomic E-state index is 13.1. The van der Waals surface area contributed by atoms with Crippen LogP contribution in [-0.4, -0.2) is 37.1 Å². The predicted molar refractivity (Wildman–Crippen MR) is 123 cm³/mol. The Balaban J connectivity index is 1.57. The summed E-state index contributed by atoms with van der Waals surface area (Å²) in [4.78, 5) is 24.1. The van der Waals surface area contributed by atoms with Crippen molar-refractivity contribution >= 4 is 27.5 Å². The van der Waals surface area contributed by atoms with Crippen molar-refractivity contribution in [2.45, 2.75) is 51.5 Å². The molecule has 2 unspecified atom stereocenters. The highest BCUT2D eigenvalue weighted by molar-refractivity contribution is 7.92. The van der Waals surface area contributed by atoms with E-state index in [1.165, 1.54) is 10.6 Å². The molecule has 2 aromatic carbocycles. The van der Waals surface area contributed by atoms with E-state index in [4.69, 9.17) is 5.11 Å². The number of carboxylic acids is 1. The molecule has 0 aliphatic heterocycles. The lowest BCUT2D eigenvalue weighted by Crippen LogP contribution is -2.60. The molecule has 32 heavy (non-hydrogen) atoms. The molecule has 0 saturated heterocycles. The van der Waals surface area contributed by atoms with Gasteiger partial charge in [-0.05, 0) is 72.4 Å². The number of hydrogen-bond acceptors (Lipinski definition) is 4. The van der Waals surface area contributed by atoms with Gasteiger partial charge in [-0.25, -0.2) is 13.2 Å². The average Bonchev–Trinajstić information content (AvgIpc) is 3.08. The first kappa shape index (κ1) is 22.5. The van der Waals surface area contributed by atoms with Gasteiger partial charge in [0.15, 0.2) is 5.78 Å². The zero-order valence-corrected chi connectivity index (χ0v) is 19.5. The van der Waals surface area contributed by atoms with Crippen LogP contribution in [0.5, 0.6) is 0 Å². The van der Waals surface area contributed by atoms with Gasteiger partial charge >= 0.3 is 5.97 Å². The number of benzene rings is 2. The maximum atomic E-state index is 13.1. The predicted octanol–water partition coefficient (Wildman–Crippen LogP) is 4.08. The molecule has 2 aliphatic carbocycles. The summed E-state index contributed by atoms with van der Waals surface area (Å²) in [6.07, 6.45) is 4.53. The summed E-state index contributed by atoms with van der Waals surface area (Å²) in [5.41, 5.74) is 1.45. The number of carboxylic acid groups (broad SMARTS) is 1. The highest BCUT2D eigenvalue weighted by Gasteiger charge is 2.68. The van der Waals surface area contributed by atoms with E-state index >= 15 is 0 Å². The fourth-order valence-corrected chi connectivity index (χ4v) is 7.22. The topological polar surface area (TPSA) is 91.8 Å². The SMILES string of the molecule is CC1(C)C2CCC1(N(c1ccc(CCc3ccc(C(=O)O)cc3)cc1)S(C)(=O)=O)C(=O)C2. The largest absolute Gasteiger partial charge is 0.478 e. The summed E-state index contributed by atoms with van der Waals surface area (Å²) in [7, 11) is -3.66. The monoisotopic (exact) mass is 455 g/mol. The Morgan fingerprint density at radius 1 is 1.03 bits per heavy atom. The Labute approximate surface area is 189 Å². The van der Waals surface area contributed by atoms with Gasteiger partial charge in [0.1, 0.15) is 5.54 Å². The van der Waals surface area contributed by atoms with Gasteiger partial charge in [0.05, 0.1) is 17.5 Å². The lowest BCUT2D eigenvalue weighted by atomic mass is 9.75. The van der Waals surface area contributed by atoms with Gasteiger partial charge in [-0.3, -0.25) is 9.10 Å². The van der Waals surface area contributed by atoms with Crippen LogP contribution in [0.15, 0.2) is 48.5 Å². The van der Waals surface area contributed by atoms with E-state index in [-0.39, 0.29) is 17.3 Å². The normalized spacial score (nSPS) is 24.0. The van der Waals surface area contributed by atoms with Crippen LogP contribution in [-0.2, 0) is 27.7 Å². The molecule has 1 N–H and O–H groups in total. The lowest BCUT2D eigenvalue weighted by Gasteiger charge is -2.45. The van der Waals surface area contributed by atoms with E-state index in [1.54, 1.807) is 24.3 Å². The van der Waals surface area contributed by atoms with Crippen molar-refractivity contribution in [3.8, 4) is 0 Å². The molecule has 2 atom stereocenters. The minimum atomic E-state index is -3.66. The number of carbonyl (C=O) groups is 2. The first-order valence-electron chi connectivity index (χ1n) is 10.9. The Morgan fingerprint density at radius 3 is 1.97 bits per heavy atom. The van der Waals surface area contributed by atoms with Crippen LogP contribution in [0.1, 0.15) is 54.6 Å². The van der Waals surface area contributed by atoms with Crippen LogP contribution < -0.4 is 4.31 Å². The van der Waals surface area contributed by atoms with Gasteiger partial charge in [-0.15, -0.1) is 0 Å². The summed E-state index contributed by atoms with van der Waals surface area (Å²) in [6, 6.07) is 14.2. The number of hydrogen-bond donors (Lipinski definition) is 1. The van der Waals surface area contributed by atoms with Crippen molar-refractivity contribution in [1.29, 1.82) is 0 Å². The van der Waals surface area contributed by atoms with Crippen molar-refractivity contribution in [2.24, 2.45) is 11.3 Å². The number of ketones is 1. The van der Waals surface area contributed by atoms with Crippen molar-refractivity contribution in [3.63, 3.8) is 0 Å². The summed E-state index contributed by atoms with van der Waals surface area (Å²) in [6.45, 7) is 4.05. The smallest absolute Gasteiger partial charge is 0.335 e. The molecule has 0 heterocycles. The number of sulfonamides is 1. The minimum absolute atomic E-state index is 0.0260. The number of Topliss-reactive ketones (excluding diaryl/α,β-unsaturated/α-hetero) is 1. The van der Waals surface area contributed by atoms with Gasteiger partial charge in [-0.2, -0.15) is 0 Å². The molecule has 0 amide bonds. The lowest BCUT2D eigenvalue weighted by molar-refractivity contribution is -0.123. The van der Waals surface area contributed by atoms with Crippen LogP contribution in [0, 0.1) is 11.3 Å². The standard InChI is InChI=1S/C25H29NO5S/c1-24(2)20-14-15-25(24,22(27)16-20)26(32(3,30)31)21-12-8-18(9-13-21)5-4-17-6-10-19(11-7-17)23(28)29/h6-13,20H,4-5,14-16H2,1-3H3,(H,28,29). The number of rotatable bonds is 7. The highest BCUT2D eigenvalue weighted by Crippen LogP contribution is 2.62. The molecule has 2 saturated carbocycles. The van der Waals surface area contributed by atoms with Crippen LogP contribution >= 0.6 is 0 Å². The van der Waals surface area contributed by atoms with E-state index in [0.717, 1.165) is 30.4 Å². The van der Waals surface area contributed by atoms with Gasteiger partial charge in [0.2, 0.25) is 10.0 Å². The van der Waals surface area contributed by atoms with E-state index in [1.807, 2.05) is 38.1 Å². The average molecular weight is 456 g/mol. The third kappa shape index (κ3) is 3.52. The van der Waals surface area contributed by atoms with Crippen LogP contribution in [0.4, 0.5) is 5.69 Å². The first-order chi connectivity index (χ1) is 15.0. The number of anilines is 1. The summed E-state index contributed by atoms with van der Waals surface area (Å²) in [5, 5.41) is 9.01. The highest BCUT2D eigenvalue weighted by atomic mass is 32.2. The summed E-state index contributed by atoms with van der Waals surface area (Å²) in [5.74, 6) is -0.705. The molecule has 0 radical (unpaired) electrons. The van der Waals surface area contributed by atoms with E-state index < -0.39 is 26.9 Å². The maximum Gasteiger partial charge on any atom is 0.335 e. The van der Waals surface area contributed by atoms with Gasteiger partial charge < -0.3 is 5.11 Å². The Bertz CT molecular complexity index is 1150. The molecule has 2 aliphatic rings. The molecular formula is C25H29NO5S. The second kappa shape index (κ2) is 7.73. The fraction of sp³-hybridized carbons (Fsp3) is 0.440. The molecule has 2 fully saturated rings.